The molecule has 0 radical (unpaired) electrons. The van der Waals surface area contributed by atoms with Crippen molar-refractivity contribution in [2.24, 2.45) is 0 Å². The minimum absolute atomic E-state index is 0.0780. The molecule has 1 aromatic rings. The van der Waals surface area contributed by atoms with Crippen molar-refractivity contribution in [1.82, 2.24) is 0 Å². The van der Waals surface area contributed by atoms with E-state index in [1.165, 1.54) is 13.2 Å². The van der Waals surface area contributed by atoms with Gasteiger partial charge in [0.1, 0.15) is 11.5 Å². The largest absolute Gasteiger partial charge is 0.508 e. The smallest absolute Gasteiger partial charge is 0.338 e. The van der Waals surface area contributed by atoms with Crippen molar-refractivity contribution < 1.29 is 19.4 Å². The van der Waals surface area contributed by atoms with E-state index in [0.29, 0.717) is 24.3 Å². The van der Waals surface area contributed by atoms with E-state index in [0.717, 1.165) is 12.0 Å². The third kappa shape index (κ3) is 3.12. The van der Waals surface area contributed by atoms with Crippen molar-refractivity contribution in [3.05, 3.63) is 23.3 Å². The van der Waals surface area contributed by atoms with Gasteiger partial charge in [0.15, 0.2) is 0 Å². The van der Waals surface area contributed by atoms with E-state index in [1.54, 1.807) is 13.0 Å². The molecule has 0 aliphatic carbocycles. The third-order valence-corrected chi connectivity index (χ3v) is 2.42. The third-order valence-electron chi connectivity index (χ3n) is 2.42. The van der Waals surface area contributed by atoms with Crippen molar-refractivity contribution in [2.45, 2.75) is 26.7 Å². The van der Waals surface area contributed by atoms with Crippen LogP contribution in [0.2, 0.25) is 0 Å². The van der Waals surface area contributed by atoms with E-state index in [-0.39, 0.29) is 5.75 Å². The summed E-state index contributed by atoms with van der Waals surface area (Å²) in [5, 5.41) is 9.86. The van der Waals surface area contributed by atoms with Crippen LogP contribution >= 0.6 is 0 Å². The Morgan fingerprint density at radius 3 is 2.59 bits per heavy atom. The van der Waals surface area contributed by atoms with E-state index in [2.05, 4.69) is 0 Å². The molecule has 4 nitrogen and oxygen atoms in total. The molecule has 0 saturated heterocycles. The van der Waals surface area contributed by atoms with Crippen LogP contribution in [-0.2, 0) is 11.2 Å². The van der Waals surface area contributed by atoms with E-state index in [1.807, 2.05) is 6.92 Å². The van der Waals surface area contributed by atoms with Gasteiger partial charge in [0.25, 0.3) is 0 Å². The van der Waals surface area contributed by atoms with Gasteiger partial charge in [-0.1, -0.05) is 13.3 Å². The average Bonchev–Trinajstić information content (AvgIpc) is 2.31. The fraction of sp³-hybridized carbons (Fsp3) is 0.462. The van der Waals surface area contributed by atoms with Crippen LogP contribution in [0.4, 0.5) is 0 Å². The first-order valence-corrected chi connectivity index (χ1v) is 5.71. The van der Waals surface area contributed by atoms with Crippen molar-refractivity contribution >= 4 is 5.97 Å². The van der Waals surface area contributed by atoms with Gasteiger partial charge in [-0.2, -0.15) is 0 Å². The number of rotatable bonds is 5. The van der Waals surface area contributed by atoms with Crippen molar-refractivity contribution in [3.63, 3.8) is 0 Å². The highest BCUT2D eigenvalue weighted by atomic mass is 16.5. The molecule has 4 heteroatoms. The lowest BCUT2D eigenvalue weighted by atomic mass is 10.0. The second-order valence-electron chi connectivity index (χ2n) is 3.65. The minimum Gasteiger partial charge on any atom is -0.508 e. The molecule has 0 aromatic heterocycles. The number of methoxy groups -OCH3 is 1. The van der Waals surface area contributed by atoms with Gasteiger partial charge in [-0.05, 0) is 25.5 Å². The number of phenols is 1. The molecule has 0 aliphatic heterocycles. The number of aromatic hydroxyl groups is 1. The maximum Gasteiger partial charge on any atom is 0.338 e. The van der Waals surface area contributed by atoms with Gasteiger partial charge in [0, 0.05) is 5.56 Å². The molecule has 0 spiro atoms. The van der Waals surface area contributed by atoms with E-state index in [4.69, 9.17) is 9.47 Å². The normalized spacial score (nSPS) is 10.1. The topological polar surface area (TPSA) is 55.8 Å². The second kappa shape index (κ2) is 6.13. The zero-order chi connectivity index (χ0) is 12.8. The Hall–Kier alpha value is -1.71. The first kappa shape index (κ1) is 13.4. The van der Waals surface area contributed by atoms with Gasteiger partial charge in [-0.25, -0.2) is 4.79 Å². The van der Waals surface area contributed by atoms with Gasteiger partial charge in [-0.15, -0.1) is 0 Å². The lowest BCUT2D eigenvalue weighted by Gasteiger charge is -2.11. The zero-order valence-electron chi connectivity index (χ0n) is 10.4. The van der Waals surface area contributed by atoms with Crippen LogP contribution in [0, 0.1) is 0 Å². The second-order valence-corrected chi connectivity index (χ2v) is 3.65. The highest BCUT2D eigenvalue weighted by Gasteiger charge is 2.15. The van der Waals surface area contributed by atoms with Gasteiger partial charge >= 0.3 is 5.97 Å². The van der Waals surface area contributed by atoms with Crippen molar-refractivity contribution in [1.29, 1.82) is 0 Å². The summed E-state index contributed by atoms with van der Waals surface area (Å²) in [6.07, 6.45) is 1.60. The summed E-state index contributed by atoms with van der Waals surface area (Å²) in [5.41, 5.74) is 1.03. The Labute approximate surface area is 101 Å². The molecular weight excluding hydrogens is 220 g/mol. The predicted octanol–water partition coefficient (Wildman–Crippen LogP) is 2.53. The molecular formula is C13H18O4. The molecule has 1 rings (SSSR count). The SMILES string of the molecule is CCCc1c(O)cc(C(=O)OCC)cc1OC. The van der Waals surface area contributed by atoms with E-state index in [9.17, 15) is 9.90 Å². The summed E-state index contributed by atoms with van der Waals surface area (Å²) in [6.45, 7) is 4.05. The first-order valence-electron chi connectivity index (χ1n) is 5.71. The van der Waals surface area contributed by atoms with Crippen molar-refractivity contribution in [3.8, 4) is 11.5 Å². The Kier molecular flexibility index (Phi) is 4.82. The summed E-state index contributed by atoms with van der Waals surface area (Å²) in [4.78, 5) is 11.5. The summed E-state index contributed by atoms with van der Waals surface area (Å²) < 4.78 is 10.1. The van der Waals surface area contributed by atoms with Crippen LogP contribution in [0.25, 0.3) is 0 Å². The number of carbonyl (C=O) groups is 1. The minimum atomic E-state index is -0.454. The van der Waals surface area contributed by atoms with Crippen LogP contribution in [0.15, 0.2) is 12.1 Å². The van der Waals surface area contributed by atoms with Gasteiger partial charge < -0.3 is 14.6 Å². The van der Waals surface area contributed by atoms with Crippen LogP contribution in [0.3, 0.4) is 0 Å². The molecule has 1 N–H and O–H groups in total. The number of benzene rings is 1. The van der Waals surface area contributed by atoms with Crippen LogP contribution in [-0.4, -0.2) is 24.8 Å². The summed E-state index contributed by atoms with van der Waals surface area (Å²) >= 11 is 0. The average molecular weight is 238 g/mol. The predicted molar refractivity (Wildman–Crippen MR) is 64.6 cm³/mol. The molecule has 0 amide bonds. The lowest BCUT2D eigenvalue weighted by molar-refractivity contribution is 0.0525. The Bertz CT molecular complexity index is 399. The van der Waals surface area contributed by atoms with Gasteiger partial charge in [0.2, 0.25) is 0 Å². The quantitative estimate of drug-likeness (QED) is 0.801. The molecule has 1 aromatic carbocycles. The number of phenolic OH excluding ortho intramolecular Hbond substituents is 1. The maximum absolute atomic E-state index is 11.5. The lowest BCUT2D eigenvalue weighted by Crippen LogP contribution is -2.06. The molecule has 17 heavy (non-hydrogen) atoms. The number of hydrogen-bond donors (Lipinski definition) is 1. The summed E-state index contributed by atoms with van der Waals surface area (Å²) in [5.74, 6) is 0.147. The molecule has 0 saturated carbocycles. The first-order chi connectivity index (χ1) is 8.13. The number of ether oxygens (including phenoxy) is 2. The standard InChI is InChI=1S/C13H18O4/c1-4-6-10-11(14)7-9(8-12(10)16-3)13(15)17-5-2/h7-8,14H,4-6H2,1-3H3. The van der Waals surface area contributed by atoms with E-state index >= 15 is 0 Å². The molecule has 0 bridgehead atoms. The number of esters is 1. The zero-order valence-corrected chi connectivity index (χ0v) is 10.4. The maximum atomic E-state index is 11.5. The summed E-state index contributed by atoms with van der Waals surface area (Å²) in [7, 11) is 1.52. The Morgan fingerprint density at radius 2 is 2.06 bits per heavy atom. The van der Waals surface area contributed by atoms with Crippen LogP contribution in [0.1, 0.15) is 36.2 Å². The molecule has 94 valence electrons. The number of hydrogen-bond acceptors (Lipinski definition) is 4. The summed E-state index contributed by atoms with van der Waals surface area (Å²) in [6, 6.07) is 3.02. The van der Waals surface area contributed by atoms with Crippen LogP contribution < -0.4 is 4.74 Å². The highest BCUT2D eigenvalue weighted by Crippen LogP contribution is 2.31. The Morgan fingerprint density at radius 1 is 1.35 bits per heavy atom. The highest BCUT2D eigenvalue weighted by molar-refractivity contribution is 5.90. The monoisotopic (exact) mass is 238 g/mol. The molecule has 0 atom stereocenters. The molecule has 0 unspecified atom stereocenters. The molecule has 0 fully saturated rings. The van der Waals surface area contributed by atoms with Gasteiger partial charge in [-0.3, -0.25) is 0 Å². The van der Waals surface area contributed by atoms with E-state index < -0.39 is 5.97 Å². The van der Waals surface area contributed by atoms with Crippen molar-refractivity contribution in [2.75, 3.05) is 13.7 Å². The van der Waals surface area contributed by atoms with Crippen LogP contribution in [0.5, 0.6) is 11.5 Å². The molecule has 0 heterocycles. The van der Waals surface area contributed by atoms with Gasteiger partial charge in [0.05, 0.1) is 19.3 Å². The number of carbonyl (C=O) groups excluding carboxylic acids is 1. The molecule has 0 aliphatic rings. The fourth-order valence-electron chi connectivity index (χ4n) is 1.65. The fourth-order valence-corrected chi connectivity index (χ4v) is 1.65. The Balaban J connectivity index is 3.12.